The van der Waals surface area contributed by atoms with Crippen LogP contribution in [0.3, 0.4) is 0 Å². The highest BCUT2D eigenvalue weighted by molar-refractivity contribution is 5.89. The first-order valence-corrected chi connectivity index (χ1v) is 8.60. The number of benzene rings is 1. The highest BCUT2D eigenvalue weighted by atomic mass is 16.6. The van der Waals surface area contributed by atoms with Crippen molar-refractivity contribution >= 4 is 12.0 Å². The van der Waals surface area contributed by atoms with Crippen molar-refractivity contribution < 1.29 is 14.3 Å². The molecule has 5 nitrogen and oxygen atoms in total. The first kappa shape index (κ1) is 16.8. The van der Waals surface area contributed by atoms with E-state index >= 15 is 0 Å². The Morgan fingerprint density at radius 3 is 2.54 bits per heavy atom. The minimum atomic E-state index is -0.509. The number of nitrogens with zero attached hydrogens (tertiary/aromatic N) is 2. The van der Waals surface area contributed by atoms with E-state index in [2.05, 4.69) is 0 Å². The molecule has 0 aromatic heterocycles. The van der Waals surface area contributed by atoms with E-state index in [1.54, 1.807) is 4.90 Å². The van der Waals surface area contributed by atoms with Gasteiger partial charge in [0.2, 0.25) is 5.91 Å². The molecule has 2 aliphatic rings. The average Bonchev–Trinajstić information content (AvgIpc) is 2.54. The van der Waals surface area contributed by atoms with Gasteiger partial charge in [0.1, 0.15) is 5.60 Å². The molecule has 0 saturated carbocycles. The van der Waals surface area contributed by atoms with Crippen molar-refractivity contribution in [2.75, 3.05) is 19.6 Å². The Labute approximate surface area is 143 Å². The summed E-state index contributed by atoms with van der Waals surface area (Å²) in [5, 5.41) is 0. The first-order valence-electron chi connectivity index (χ1n) is 8.60. The molecule has 1 spiro atoms. The lowest BCUT2D eigenvalue weighted by Gasteiger charge is -2.53. The lowest BCUT2D eigenvalue weighted by Crippen LogP contribution is -2.67. The summed E-state index contributed by atoms with van der Waals surface area (Å²) in [5.41, 5.74) is 0.231. The Kier molecular flexibility index (Phi) is 4.28. The van der Waals surface area contributed by atoms with E-state index in [1.165, 1.54) is 0 Å². The zero-order chi connectivity index (χ0) is 17.4. The summed E-state index contributed by atoms with van der Waals surface area (Å²) in [6, 6.07) is 10.0. The monoisotopic (exact) mass is 330 g/mol. The molecule has 0 aliphatic carbocycles. The molecule has 2 saturated heterocycles. The lowest BCUT2D eigenvalue weighted by atomic mass is 9.72. The zero-order valence-electron chi connectivity index (χ0n) is 14.7. The van der Waals surface area contributed by atoms with Gasteiger partial charge in [0.05, 0.1) is 5.41 Å². The molecule has 3 rings (SSSR count). The van der Waals surface area contributed by atoms with Gasteiger partial charge in [-0.2, -0.15) is 0 Å². The second kappa shape index (κ2) is 6.11. The molecular formula is C19H26N2O3. The van der Waals surface area contributed by atoms with Gasteiger partial charge in [0.15, 0.2) is 0 Å². The van der Waals surface area contributed by atoms with Gasteiger partial charge in [-0.1, -0.05) is 30.3 Å². The lowest BCUT2D eigenvalue weighted by molar-refractivity contribution is -0.166. The molecule has 1 atom stereocenters. The predicted molar refractivity (Wildman–Crippen MR) is 91.3 cm³/mol. The van der Waals surface area contributed by atoms with Crippen LogP contribution in [0.15, 0.2) is 30.3 Å². The zero-order valence-corrected chi connectivity index (χ0v) is 14.7. The molecule has 1 aromatic carbocycles. The summed E-state index contributed by atoms with van der Waals surface area (Å²) < 4.78 is 5.46. The fourth-order valence-corrected chi connectivity index (χ4v) is 3.60. The third-order valence-corrected chi connectivity index (χ3v) is 4.68. The fraction of sp³-hybridized carbons (Fsp3) is 0.579. The number of β-lactam (4-membered cyclic amide) rings is 1. The molecule has 2 amide bonds. The Bertz CT molecular complexity index is 623. The minimum absolute atomic E-state index is 0.166. The summed E-state index contributed by atoms with van der Waals surface area (Å²) in [7, 11) is 0. The molecule has 2 aliphatic heterocycles. The number of amides is 2. The van der Waals surface area contributed by atoms with Crippen LogP contribution in [0, 0.1) is 5.41 Å². The SMILES string of the molecule is CC(C)(C)OC(=O)N1CCC[C@]2(C1)CN(Cc1ccccc1)C2=O. The van der Waals surface area contributed by atoms with Crippen molar-refractivity contribution in [3.8, 4) is 0 Å². The second-order valence-electron chi connectivity index (χ2n) is 7.93. The third-order valence-electron chi connectivity index (χ3n) is 4.68. The number of piperidine rings is 1. The molecule has 0 unspecified atom stereocenters. The molecule has 0 radical (unpaired) electrons. The largest absolute Gasteiger partial charge is 0.444 e. The average molecular weight is 330 g/mol. The van der Waals surface area contributed by atoms with Crippen molar-refractivity contribution in [2.45, 2.75) is 45.8 Å². The van der Waals surface area contributed by atoms with Crippen LogP contribution in [0.2, 0.25) is 0 Å². The van der Waals surface area contributed by atoms with Crippen LogP contribution in [-0.4, -0.2) is 47.0 Å². The van der Waals surface area contributed by atoms with E-state index in [-0.39, 0.29) is 12.0 Å². The van der Waals surface area contributed by atoms with E-state index in [1.807, 2.05) is 56.0 Å². The normalized spacial score (nSPS) is 24.0. The van der Waals surface area contributed by atoms with Crippen molar-refractivity contribution in [3.63, 3.8) is 0 Å². The van der Waals surface area contributed by atoms with Crippen molar-refractivity contribution in [3.05, 3.63) is 35.9 Å². The van der Waals surface area contributed by atoms with Crippen LogP contribution < -0.4 is 0 Å². The predicted octanol–water partition coefficient (Wildman–Crippen LogP) is 3.05. The summed E-state index contributed by atoms with van der Waals surface area (Å²) in [6.45, 7) is 8.10. The van der Waals surface area contributed by atoms with Crippen molar-refractivity contribution in [1.29, 1.82) is 0 Å². The maximum Gasteiger partial charge on any atom is 0.410 e. The number of ether oxygens (including phenoxy) is 1. The van der Waals surface area contributed by atoms with E-state index < -0.39 is 11.0 Å². The van der Waals surface area contributed by atoms with Crippen LogP contribution in [-0.2, 0) is 16.1 Å². The maximum atomic E-state index is 12.7. The summed E-state index contributed by atoms with van der Waals surface area (Å²) in [4.78, 5) is 28.6. The topological polar surface area (TPSA) is 49.9 Å². The van der Waals surface area contributed by atoms with Crippen LogP contribution in [0.25, 0.3) is 0 Å². The van der Waals surface area contributed by atoms with E-state index in [0.717, 1.165) is 24.9 Å². The Morgan fingerprint density at radius 2 is 1.92 bits per heavy atom. The molecule has 2 fully saturated rings. The number of hydrogen-bond acceptors (Lipinski definition) is 3. The summed E-state index contributed by atoms with van der Waals surface area (Å²) in [6.07, 6.45) is 1.40. The molecule has 0 N–H and O–H groups in total. The molecule has 1 aromatic rings. The van der Waals surface area contributed by atoms with Gasteiger partial charge in [-0.05, 0) is 39.2 Å². The summed E-state index contributed by atoms with van der Waals surface area (Å²) >= 11 is 0. The van der Waals surface area contributed by atoms with Gasteiger partial charge in [-0.25, -0.2) is 4.79 Å². The Morgan fingerprint density at radius 1 is 1.21 bits per heavy atom. The first-order chi connectivity index (χ1) is 11.3. The maximum absolute atomic E-state index is 12.7. The van der Waals surface area contributed by atoms with Gasteiger partial charge in [-0.3, -0.25) is 4.79 Å². The third kappa shape index (κ3) is 3.40. The number of likely N-dealkylation sites (tertiary alicyclic amines) is 2. The van der Waals surface area contributed by atoms with Crippen LogP contribution in [0.1, 0.15) is 39.2 Å². The van der Waals surface area contributed by atoms with E-state index in [4.69, 9.17) is 4.74 Å². The van der Waals surface area contributed by atoms with E-state index in [0.29, 0.717) is 19.6 Å². The minimum Gasteiger partial charge on any atom is -0.444 e. The van der Waals surface area contributed by atoms with Crippen LogP contribution in [0.5, 0.6) is 0 Å². The highest BCUT2D eigenvalue weighted by Gasteiger charge is 2.54. The van der Waals surface area contributed by atoms with Crippen molar-refractivity contribution in [1.82, 2.24) is 9.80 Å². The number of rotatable bonds is 2. The molecule has 130 valence electrons. The molecule has 24 heavy (non-hydrogen) atoms. The molecule has 2 heterocycles. The molecule has 5 heteroatoms. The van der Waals surface area contributed by atoms with Crippen LogP contribution >= 0.6 is 0 Å². The molecule has 0 bridgehead atoms. The Balaban J connectivity index is 1.61. The van der Waals surface area contributed by atoms with Gasteiger partial charge >= 0.3 is 6.09 Å². The Hall–Kier alpha value is -2.04. The van der Waals surface area contributed by atoms with Gasteiger partial charge in [0.25, 0.3) is 0 Å². The van der Waals surface area contributed by atoms with Gasteiger partial charge in [-0.15, -0.1) is 0 Å². The number of carbonyl (C=O) groups is 2. The van der Waals surface area contributed by atoms with Crippen LogP contribution in [0.4, 0.5) is 4.79 Å². The number of hydrogen-bond donors (Lipinski definition) is 0. The summed E-state index contributed by atoms with van der Waals surface area (Å²) in [5.74, 6) is 0.166. The second-order valence-corrected chi connectivity index (χ2v) is 7.93. The highest BCUT2D eigenvalue weighted by Crippen LogP contribution is 2.41. The van der Waals surface area contributed by atoms with Crippen molar-refractivity contribution in [2.24, 2.45) is 5.41 Å². The van der Waals surface area contributed by atoms with E-state index in [9.17, 15) is 9.59 Å². The fourth-order valence-electron chi connectivity index (χ4n) is 3.60. The smallest absolute Gasteiger partial charge is 0.410 e. The molecular weight excluding hydrogens is 304 g/mol. The number of carbonyl (C=O) groups excluding carboxylic acids is 2. The quantitative estimate of drug-likeness (QED) is 0.783. The van der Waals surface area contributed by atoms with Gasteiger partial charge in [0, 0.05) is 26.2 Å². The standard InChI is InChI=1S/C19H26N2O3/c1-18(2,3)24-17(23)20-11-7-10-19(13-20)14-21(16(19)22)12-15-8-5-4-6-9-15/h4-6,8-9H,7,10-14H2,1-3H3/t19-/m0/s1. The van der Waals surface area contributed by atoms with Gasteiger partial charge < -0.3 is 14.5 Å².